The molecule has 2 aliphatic rings. The van der Waals surface area contributed by atoms with Gasteiger partial charge in [-0.25, -0.2) is 4.79 Å². The van der Waals surface area contributed by atoms with Gasteiger partial charge in [0.2, 0.25) is 0 Å². The average Bonchev–Trinajstić information content (AvgIpc) is 2.98. The number of likely N-dealkylation sites (tertiary alicyclic amines) is 1. The number of esters is 1. The Morgan fingerprint density at radius 1 is 1.24 bits per heavy atom. The Balaban J connectivity index is 1.61. The average molecular weight is 423 g/mol. The summed E-state index contributed by atoms with van der Waals surface area (Å²) in [6.07, 6.45) is 0.267. The number of alkyl carbamates (subject to hydrolysis) is 1. The molecule has 0 aliphatic carbocycles. The third-order valence-corrected chi connectivity index (χ3v) is 5.85. The van der Waals surface area contributed by atoms with Gasteiger partial charge < -0.3 is 14.4 Å². The lowest BCUT2D eigenvalue weighted by atomic mass is 9.97. The smallest absolute Gasteiger partial charge is 0.413 e. The minimum atomic E-state index is -3.75. The molecular weight excluding hydrogens is 402 g/mol. The molecular formula is C18H21N3O7S. The van der Waals surface area contributed by atoms with Crippen LogP contribution in [0.4, 0.5) is 4.79 Å². The van der Waals surface area contributed by atoms with Crippen LogP contribution in [0.15, 0.2) is 33.6 Å². The number of amides is 2. The van der Waals surface area contributed by atoms with Crippen LogP contribution in [0.3, 0.4) is 0 Å². The van der Waals surface area contributed by atoms with Crippen molar-refractivity contribution in [2.45, 2.75) is 24.7 Å². The number of amidine groups is 1. The Bertz CT molecular complexity index is 958. The first kappa shape index (κ1) is 20.8. The summed E-state index contributed by atoms with van der Waals surface area (Å²) < 4.78 is 37.9. The fourth-order valence-electron chi connectivity index (χ4n) is 3.25. The third-order valence-electron chi connectivity index (χ3n) is 4.53. The summed E-state index contributed by atoms with van der Waals surface area (Å²) in [4.78, 5) is 37.0. The first-order valence-electron chi connectivity index (χ1n) is 9.14. The summed E-state index contributed by atoms with van der Waals surface area (Å²) in [5, 5.41) is 1.94. The Morgan fingerprint density at radius 3 is 2.76 bits per heavy atom. The van der Waals surface area contributed by atoms with Gasteiger partial charge in [-0.15, -0.1) is 4.40 Å². The van der Waals surface area contributed by atoms with Crippen molar-refractivity contribution in [2.24, 2.45) is 10.3 Å². The summed E-state index contributed by atoms with van der Waals surface area (Å²) in [6, 6.07) is 6.54. The topological polar surface area (TPSA) is 131 Å². The van der Waals surface area contributed by atoms with Gasteiger partial charge in [-0.1, -0.05) is 12.1 Å². The molecule has 2 aliphatic heterocycles. The maximum atomic E-state index is 12.3. The molecule has 0 radical (unpaired) electrons. The molecule has 2 amide bonds. The van der Waals surface area contributed by atoms with Crippen LogP contribution in [0, 0.1) is 5.92 Å². The Hall–Kier alpha value is -2.95. The lowest BCUT2D eigenvalue weighted by molar-refractivity contribution is -0.153. The number of nitrogens with one attached hydrogen (secondary N) is 1. The maximum absolute atomic E-state index is 12.3. The Kier molecular flexibility index (Phi) is 6.16. The molecule has 0 spiro atoms. The molecule has 1 aromatic rings. The second kappa shape index (κ2) is 8.60. The van der Waals surface area contributed by atoms with Gasteiger partial charge in [-0.3, -0.25) is 14.9 Å². The van der Waals surface area contributed by atoms with E-state index in [1.54, 1.807) is 30.0 Å². The van der Waals surface area contributed by atoms with Gasteiger partial charge in [0.1, 0.15) is 4.90 Å². The highest BCUT2D eigenvalue weighted by Gasteiger charge is 2.35. The van der Waals surface area contributed by atoms with Crippen LogP contribution in [0.2, 0.25) is 0 Å². The largest absolute Gasteiger partial charge is 0.455 e. The molecule has 156 valence electrons. The number of imide groups is 1. The summed E-state index contributed by atoms with van der Waals surface area (Å²) in [5.41, 5.74) is 0.510. The zero-order chi connectivity index (χ0) is 21.0. The molecule has 1 fully saturated rings. The second-order valence-electron chi connectivity index (χ2n) is 6.55. The maximum Gasteiger partial charge on any atom is 0.413 e. The van der Waals surface area contributed by atoms with E-state index in [0.717, 1.165) is 0 Å². The van der Waals surface area contributed by atoms with Gasteiger partial charge in [0.05, 0.1) is 12.5 Å². The molecule has 11 heteroatoms. The SMILES string of the molecule is CCOC(=O)NC(=O)COC(=O)[C@H]1CCCN(C2=NS(=O)(=O)c3ccccc32)C1. The summed E-state index contributed by atoms with van der Waals surface area (Å²) >= 11 is 0. The number of sulfonamides is 1. The molecule has 0 unspecified atom stereocenters. The number of ether oxygens (including phenoxy) is 2. The summed E-state index contributed by atoms with van der Waals surface area (Å²) in [7, 11) is -3.75. The van der Waals surface area contributed by atoms with Gasteiger partial charge in [0.15, 0.2) is 12.4 Å². The predicted molar refractivity (Wildman–Crippen MR) is 101 cm³/mol. The van der Waals surface area contributed by atoms with Crippen molar-refractivity contribution in [3.8, 4) is 0 Å². The van der Waals surface area contributed by atoms with Crippen LogP contribution >= 0.6 is 0 Å². The van der Waals surface area contributed by atoms with Gasteiger partial charge in [-0.05, 0) is 31.9 Å². The number of nitrogens with zero attached hydrogens (tertiary/aromatic N) is 2. The fraction of sp³-hybridized carbons (Fsp3) is 0.444. The number of benzene rings is 1. The zero-order valence-electron chi connectivity index (χ0n) is 15.8. The molecule has 0 aromatic heterocycles. The van der Waals surface area contributed by atoms with E-state index in [1.165, 1.54) is 6.07 Å². The van der Waals surface area contributed by atoms with Crippen LogP contribution in [-0.2, 0) is 29.1 Å². The van der Waals surface area contributed by atoms with Gasteiger partial charge in [0, 0.05) is 18.7 Å². The lowest BCUT2D eigenvalue weighted by Gasteiger charge is -2.32. The van der Waals surface area contributed by atoms with Gasteiger partial charge >= 0.3 is 12.1 Å². The number of hydrogen-bond acceptors (Lipinski definition) is 8. The van der Waals surface area contributed by atoms with Crippen LogP contribution in [0.1, 0.15) is 25.3 Å². The van der Waals surface area contributed by atoms with E-state index in [0.29, 0.717) is 30.8 Å². The van der Waals surface area contributed by atoms with E-state index in [2.05, 4.69) is 9.13 Å². The minimum absolute atomic E-state index is 0.111. The lowest BCUT2D eigenvalue weighted by Crippen LogP contribution is -2.43. The molecule has 1 saturated heterocycles. The van der Waals surface area contributed by atoms with Gasteiger partial charge in [0.25, 0.3) is 15.9 Å². The molecule has 0 bridgehead atoms. The summed E-state index contributed by atoms with van der Waals surface area (Å²) in [6.45, 7) is 1.87. The molecule has 10 nitrogen and oxygen atoms in total. The predicted octanol–water partition coefficient (Wildman–Crippen LogP) is 0.663. The summed E-state index contributed by atoms with van der Waals surface area (Å²) in [5.74, 6) is -1.61. The van der Waals surface area contributed by atoms with Gasteiger partial charge in [-0.2, -0.15) is 8.42 Å². The molecule has 1 aromatic carbocycles. The van der Waals surface area contributed by atoms with Crippen LogP contribution in [0.25, 0.3) is 0 Å². The highest BCUT2D eigenvalue weighted by molar-refractivity contribution is 7.90. The van der Waals surface area contributed by atoms with Crippen molar-refractivity contribution in [3.05, 3.63) is 29.8 Å². The first-order chi connectivity index (χ1) is 13.8. The highest BCUT2D eigenvalue weighted by Crippen LogP contribution is 2.29. The van der Waals surface area contributed by atoms with E-state index < -0.39 is 40.5 Å². The number of fused-ring (bicyclic) bond motifs is 1. The second-order valence-corrected chi connectivity index (χ2v) is 8.12. The minimum Gasteiger partial charge on any atom is -0.455 e. The van der Waals surface area contributed by atoms with E-state index in [1.807, 2.05) is 5.32 Å². The third kappa shape index (κ3) is 4.73. The number of rotatable bonds is 4. The monoisotopic (exact) mass is 423 g/mol. The van der Waals surface area contributed by atoms with Crippen LogP contribution < -0.4 is 5.32 Å². The quantitative estimate of drug-likeness (QED) is 0.699. The van der Waals surface area contributed by atoms with Crippen molar-refractivity contribution in [1.29, 1.82) is 0 Å². The molecule has 1 N–H and O–H groups in total. The number of carbonyl (C=O) groups excluding carboxylic acids is 3. The molecule has 2 heterocycles. The number of hydrogen-bond donors (Lipinski definition) is 1. The number of piperidine rings is 1. The fourth-order valence-corrected chi connectivity index (χ4v) is 4.48. The first-order valence-corrected chi connectivity index (χ1v) is 10.6. The van der Waals surface area contributed by atoms with Crippen LogP contribution in [-0.4, -0.2) is 63.4 Å². The van der Waals surface area contributed by atoms with Crippen molar-refractivity contribution >= 4 is 33.8 Å². The zero-order valence-corrected chi connectivity index (χ0v) is 16.6. The van der Waals surface area contributed by atoms with E-state index in [4.69, 9.17) is 4.74 Å². The standard InChI is InChI=1S/C18H21N3O7S/c1-2-27-18(24)19-15(22)11-28-17(23)12-6-5-9-21(10-12)16-13-7-3-4-8-14(13)29(25,26)20-16/h3-4,7-8,12H,2,5-6,9-11H2,1H3,(H,19,22,24)/t12-/m0/s1. The van der Waals surface area contributed by atoms with E-state index in [9.17, 15) is 22.8 Å². The molecule has 1 atom stereocenters. The molecule has 0 saturated carbocycles. The number of carbonyl (C=O) groups is 3. The normalized spacial score (nSPS) is 19.7. The highest BCUT2D eigenvalue weighted by atomic mass is 32.2. The Morgan fingerprint density at radius 2 is 2.00 bits per heavy atom. The van der Waals surface area contributed by atoms with E-state index >= 15 is 0 Å². The van der Waals surface area contributed by atoms with Crippen molar-refractivity contribution in [1.82, 2.24) is 10.2 Å². The Labute approximate surface area is 167 Å². The van der Waals surface area contributed by atoms with E-state index in [-0.39, 0.29) is 18.0 Å². The molecule has 3 rings (SSSR count). The molecule has 29 heavy (non-hydrogen) atoms. The van der Waals surface area contributed by atoms with Crippen molar-refractivity contribution in [3.63, 3.8) is 0 Å². The van der Waals surface area contributed by atoms with Crippen molar-refractivity contribution in [2.75, 3.05) is 26.3 Å². The van der Waals surface area contributed by atoms with Crippen LogP contribution in [0.5, 0.6) is 0 Å². The van der Waals surface area contributed by atoms with Crippen molar-refractivity contribution < 1.29 is 32.3 Å².